The van der Waals surface area contributed by atoms with Gasteiger partial charge in [-0.2, -0.15) is 0 Å². The molecule has 0 bridgehead atoms. The molecule has 3 rings (SSSR count). The van der Waals surface area contributed by atoms with Crippen molar-refractivity contribution >= 4 is 11.8 Å². The highest BCUT2D eigenvalue weighted by molar-refractivity contribution is 5.98. The first-order valence-electron chi connectivity index (χ1n) is 9.23. The molecule has 1 N–H and O–H groups in total. The highest BCUT2D eigenvalue weighted by Gasteiger charge is 2.25. The number of hydrogen-bond acceptors (Lipinski definition) is 4. The fraction of sp³-hybridized carbons (Fsp3) is 0.333. The quantitative estimate of drug-likeness (QED) is 0.829. The minimum atomic E-state index is -0.360. The Labute approximate surface area is 163 Å². The van der Waals surface area contributed by atoms with Crippen LogP contribution in [0.1, 0.15) is 28.9 Å². The number of nitrogens with one attached hydrogen (secondary N) is 1. The third-order valence-electron chi connectivity index (χ3n) is 4.49. The third-order valence-corrected chi connectivity index (χ3v) is 4.49. The maximum atomic E-state index is 13.1. The second-order valence-corrected chi connectivity index (χ2v) is 6.36. The molecule has 1 unspecified atom stereocenters. The molecule has 0 spiro atoms. The van der Waals surface area contributed by atoms with Gasteiger partial charge >= 0.3 is 0 Å². The van der Waals surface area contributed by atoms with Crippen LogP contribution in [0.5, 0.6) is 5.75 Å². The Balaban J connectivity index is 1.57. The van der Waals surface area contributed by atoms with Gasteiger partial charge in [-0.3, -0.25) is 9.59 Å². The van der Waals surface area contributed by atoms with Crippen molar-refractivity contribution in [2.75, 3.05) is 32.8 Å². The lowest BCUT2D eigenvalue weighted by Crippen LogP contribution is -2.46. The first-order chi connectivity index (χ1) is 13.6. The number of morpholine rings is 1. The van der Waals surface area contributed by atoms with E-state index in [1.807, 2.05) is 6.92 Å². The second kappa shape index (κ2) is 9.32. The van der Waals surface area contributed by atoms with E-state index >= 15 is 0 Å². The molecule has 0 aromatic heterocycles. The number of carbonyl (C=O) groups is 2. The van der Waals surface area contributed by atoms with Crippen LogP contribution in [0.15, 0.2) is 48.5 Å². The van der Waals surface area contributed by atoms with E-state index in [0.29, 0.717) is 37.6 Å². The largest absolute Gasteiger partial charge is 0.493 e. The zero-order chi connectivity index (χ0) is 19.9. The Morgan fingerprint density at radius 3 is 2.71 bits per heavy atom. The van der Waals surface area contributed by atoms with Crippen molar-refractivity contribution in [2.45, 2.75) is 13.0 Å². The molecule has 148 valence electrons. The minimum Gasteiger partial charge on any atom is -0.493 e. The predicted molar refractivity (Wildman–Crippen MR) is 102 cm³/mol. The standard InChI is InChI=1S/C21H23FN2O4/c1-2-27-18-6-4-3-5-17(18)21(26)23-13-20(25)24-11-12-28-19(14-24)15-7-9-16(22)10-8-15/h3-10,19H,2,11-14H2,1H3,(H,23,26). The summed E-state index contributed by atoms with van der Waals surface area (Å²) in [7, 11) is 0. The fourth-order valence-corrected chi connectivity index (χ4v) is 3.05. The molecule has 1 aliphatic heterocycles. The van der Waals surface area contributed by atoms with Gasteiger partial charge in [-0.25, -0.2) is 4.39 Å². The van der Waals surface area contributed by atoms with Gasteiger partial charge in [0.25, 0.3) is 5.91 Å². The van der Waals surface area contributed by atoms with Crippen LogP contribution < -0.4 is 10.1 Å². The van der Waals surface area contributed by atoms with Gasteiger partial charge in [0.05, 0.1) is 31.9 Å². The van der Waals surface area contributed by atoms with Crippen LogP contribution in [0, 0.1) is 5.82 Å². The molecule has 1 heterocycles. The molecule has 0 aliphatic carbocycles. The number of nitrogens with zero attached hydrogens (tertiary/aromatic N) is 1. The summed E-state index contributed by atoms with van der Waals surface area (Å²) in [6.45, 7) is 3.36. The van der Waals surface area contributed by atoms with Gasteiger partial charge in [0.2, 0.25) is 5.91 Å². The molecule has 28 heavy (non-hydrogen) atoms. The zero-order valence-corrected chi connectivity index (χ0v) is 15.7. The highest BCUT2D eigenvalue weighted by atomic mass is 19.1. The molecule has 1 atom stereocenters. The van der Waals surface area contributed by atoms with Crippen LogP contribution in [-0.4, -0.2) is 49.6 Å². The smallest absolute Gasteiger partial charge is 0.255 e. The van der Waals surface area contributed by atoms with Crippen molar-refractivity contribution in [3.63, 3.8) is 0 Å². The number of halogens is 1. The summed E-state index contributed by atoms with van der Waals surface area (Å²) in [4.78, 5) is 26.6. The Kier molecular flexibility index (Phi) is 6.60. The van der Waals surface area contributed by atoms with Crippen LogP contribution >= 0.6 is 0 Å². The van der Waals surface area contributed by atoms with E-state index in [4.69, 9.17) is 9.47 Å². The van der Waals surface area contributed by atoms with E-state index in [1.165, 1.54) is 12.1 Å². The molecule has 0 radical (unpaired) electrons. The highest BCUT2D eigenvalue weighted by Crippen LogP contribution is 2.22. The van der Waals surface area contributed by atoms with Crippen molar-refractivity contribution < 1.29 is 23.5 Å². The average Bonchev–Trinajstić information content (AvgIpc) is 2.73. The summed E-state index contributed by atoms with van der Waals surface area (Å²) in [5, 5.41) is 2.66. The molecule has 7 heteroatoms. The molecule has 2 aromatic rings. The minimum absolute atomic E-state index is 0.116. The number of para-hydroxylation sites is 1. The summed E-state index contributed by atoms with van der Waals surface area (Å²) >= 11 is 0. The third kappa shape index (κ3) is 4.86. The average molecular weight is 386 g/mol. The first-order valence-corrected chi connectivity index (χ1v) is 9.23. The summed E-state index contributed by atoms with van der Waals surface area (Å²) in [5.74, 6) is -0.390. The molecule has 1 saturated heterocycles. The molecule has 1 fully saturated rings. The Morgan fingerprint density at radius 2 is 1.96 bits per heavy atom. The Bertz CT molecular complexity index is 825. The van der Waals surface area contributed by atoms with E-state index in [1.54, 1.807) is 41.3 Å². The number of benzene rings is 2. The van der Waals surface area contributed by atoms with Gasteiger partial charge in [-0.15, -0.1) is 0 Å². The Hall–Kier alpha value is -2.93. The number of rotatable bonds is 6. The van der Waals surface area contributed by atoms with Gasteiger partial charge in [0.15, 0.2) is 0 Å². The molecule has 2 amide bonds. The predicted octanol–water partition coefficient (Wildman–Crippen LogP) is 2.55. The van der Waals surface area contributed by atoms with Crippen LogP contribution in [0.3, 0.4) is 0 Å². The van der Waals surface area contributed by atoms with Gasteiger partial charge in [0.1, 0.15) is 17.7 Å². The lowest BCUT2D eigenvalue weighted by molar-refractivity contribution is -0.137. The summed E-state index contributed by atoms with van der Waals surface area (Å²) < 4.78 is 24.3. The van der Waals surface area contributed by atoms with Crippen molar-refractivity contribution in [3.05, 3.63) is 65.5 Å². The van der Waals surface area contributed by atoms with Gasteiger partial charge in [-0.1, -0.05) is 24.3 Å². The lowest BCUT2D eigenvalue weighted by Gasteiger charge is -2.33. The number of ether oxygens (including phenoxy) is 2. The van der Waals surface area contributed by atoms with Crippen LogP contribution in [-0.2, 0) is 9.53 Å². The maximum Gasteiger partial charge on any atom is 0.255 e. The number of amides is 2. The van der Waals surface area contributed by atoms with Gasteiger partial charge in [-0.05, 0) is 36.8 Å². The zero-order valence-electron chi connectivity index (χ0n) is 15.7. The fourth-order valence-electron chi connectivity index (χ4n) is 3.05. The monoisotopic (exact) mass is 386 g/mol. The van der Waals surface area contributed by atoms with E-state index < -0.39 is 0 Å². The van der Waals surface area contributed by atoms with E-state index in [-0.39, 0.29) is 30.3 Å². The van der Waals surface area contributed by atoms with Crippen molar-refractivity contribution in [3.8, 4) is 5.75 Å². The van der Waals surface area contributed by atoms with Crippen LogP contribution in [0.25, 0.3) is 0 Å². The van der Waals surface area contributed by atoms with E-state index in [2.05, 4.69) is 5.32 Å². The SMILES string of the molecule is CCOc1ccccc1C(=O)NCC(=O)N1CCOC(c2ccc(F)cc2)C1. The molecular formula is C21H23FN2O4. The topological polar surface area (TPSA) is 67.9 Å². The molecule has 6 nitrogen and oxygen atoms in total. The second-order valence-electron chi connectivity index (χ2n) is 6.36. The summed E-state index contributed by atoms with van der Waals surface area (Å²) in [6.07, 6.45) is -0.312. The van der Waals surface area contributed by atoms with Crippen molar-refractivity contribution in [1.82, 2.24) is 10.2 Å². The van der Waals surface area contributed by atoms with Gasteiger partial charge in [0, 0.05) is 6.54 Å². The number of hydrogen-bond donors (Lipinski definition) is 1. The van der Waals surface area contributed by atoms with E-state index in [9.17, 15) is 14.0 Å². The summed E-state index contributed by atoms with van der Waals surface area (Å²) in [6, 6.07) is 13.0. The molecule has 0 saturated carbocycles. The summed E-state index contributed by atoms with van der Waals surface area (Å²) in [5.41, 5.74) is 1.21. The van der Waals surface area contributed by atoms with Crippen molar-refractivity contribution in [2.24, 2.45) is 0 Å². The van der Waals surface area contributed by atoms with Crippen LogP contribution in [0.4, 0.5) is 4.39 Å². The maximum absolute atomic E-state index is 13.1. The normalized spacial score (nSPS) is 16.5. The van der Waals surface area contributed by atoms with E-state index in [0.717, 1.165) is 5.56 Å². The molecule has 2 aromatic carbocycles. The van der Waals surface area contributed by atoms with Gasteiger partial charge < -0.3 is 19.7 Å². The first kappa shape index (κ1) is 19.8. The molecule has 1 aliphatic rings. The number of carbonyl (C=O) groups excluding carboxylic acids is 2. The van der Waals surface area contributed by atoms with Crippen LogP contribution in [0.2, 0.25) is 0 Å². The lowest BCUT2D eigenvalue weighted by atomic mass is 10.1. The molecular weight excluding hydrogens is 363 g/mol. The van der Waals surface area contributed by atoms with Crippen molar-refractivity contribution in [1.29, 1.82) is 0 Å². The Morgan fingerprint density at radius 1 is 1.21 bits per heavy atom.